The zero-order chi connectivity index (χ0) is 14.9. The van der Waals surface area contributed by atoms with Crippen LogP contribution in [0.4, 0.5) is 4.79 Å². The van der Waals surface area contributed by atoms with Crippen LogP contribution in [0.3, 0.4) is 0 Å². The molecule has 1 aromatic carbocycles. The summed E-state index contributed by atoms with van der Waals surface area (Å²) < 4.78 is 1.81. The number of carbonyl (C=O) groups is 1. The summed E-state index contributed by atoms with van der Waals surface area (Å²) in [4.78, 5) is 13.3. The van der Waals surface area contributed by atoms with Gasteiger partial charge in [0.05, 0.1) is 12.7 Å². The molecular formula is C16H19N5O. The lowest BCUT2D eigenvalue weighted by Crippen LogP contribution is -2.31. The molecule has 2 heterocycles. The number of nitrogens with one attached hydrogen (secondary N) is 1. The fourth-order valence-electron chi connectivity index (χ4n) is 3.22. The van der Waals surface area contributed by atoms with Gasteiger partial charge >= 0.3 is 6.03 Å². The quantitative estimate of drug-likeness (QED) is 0.929. The fourth-order valence-corrected chi connectivity index (χ4v) is 3.22. The molecule has 4 rings (SSSR count). The van der Waals surface area contributed by atoms with Crippen LogP contribution in [0.1, 0.15) is 17.5 Å². The van der Waals surface area contributed by atoms with Gasteiger partial charge in [-0.25, -0.2) is 4.79 Å². The molecule has 0 unspecified atom stereocenters. The van der Waals surface area contributed by atoms with E-state index in [9.17, 15) is 4.79 Å². The summed E-state index contributed by atoms with van der Waals surface area (Å²) in [5.74, 6) is 0. The minimum atomic E-state index is 0.0129. The van der Waals surface area contributed by atoms with Crippen molar-refractivity contribution >= 4 is 6.03 Å². The van der Waals surface area contributed by atoms with Crippen molar-refractivity contribution < 1.29 is 4.79 Å². The molecule has 1 aliphatic heterocycles. The summed E-state index contributed by atoms with van der Waals surface area (Å²) in [5.41, 5.74) is 4.95. The second kappa shape index (κ2) is 5.44. The van der Waals surface area contributed by atoms with Crippen LogP contribution in [0.5, 0.6) is 0 Å². The van der Waals surface area contributed by atoms with Gasteiger partial charge in [-0.05, 0) is 36.5 Å². The molecule has 114 valence electrons. The smallest absolute Gasteiger partial charge is 0.317 e. The summed E-state index contributed by atoms with van der Waals surface area (Å²) >= 11 is 0. The first kappa shape index (κ1) is 13.3. The monoisotopic (exact) mass is 297 g/mol. The van der Waals surface area contributed by atoms with E-state index in [-0.39, 0.29) is 6.03 Å². The minimum absolute atomic E-state index is 0.0129. The summed E-state index contributed by atoms with van der Waals surface area (Å²) in [6.07, 6.45) is 5.58. The lowest BCUT2D eigenvalue weighted by atomic mass is 10.1. The number of urea groups is 1. The summed E-state index contributed by atoms with van der Waals surface area (Å²) in [7, 11) is 0. The van der Waals surface area contributed by atoms with Crippen molar-refractivity contribution in [1.29, 1.82) is 0 Å². The average Bonchev–Trinajstić information content (AvgIpc) is 3.25. The van der Waals surface area contributed by atoms with Crippen molar-refractivity contribution in [1.82, 2.24) is 25.2 Å². The Morgan fingerprint density at radius 3 is 2.95 bits per heavy atom. The van der Waals surface area contributed by atoms with Crippen LogP contribution >= 0.6 is 0 Å². The van der Waals surface area contributed by atoms with Crippen LogP contribution in [0.2, 0.25) is 0 Å². The number of aromatic nitrogens is 3. The fraction of sp³-hybridized carbons (Fsp3) is 0.438. The van der Waals surface area contributed by atoms with Crippen molar-refractivity contribution in [2.24, 2.45) is 0 Å². The zero-order valence-corrected chi connectivity index (χ0v) is 12.5. The van der Waals surface area contributed by atoms with Crippen LogP contribution in [-0.4, -0.2) is 45.6 Å². The average molecular weight is 297 g/mol. The Labute approximate surface area is 129 Å². The van der Waals surface area contributed by atoms with Gasteiger partial charge in [-0.15, -0.1) is 5.10 Å². The van der Waals surface area contributed by atoms with Crippen LogP contribution in [0.25, 0.3) is 11.3 Å². The first-order valence-electron chi connectivity index (χ1n) is 7.85. The molecule has 6 heteroatoms. The molecule has 2 aromatic rings. The van der Waals surface area contributed by atoms with Crippen LogP contribution < -0.4 is 5.32 Å². The third kappa shape index (κ3) is 2.45. The van der Waals surface area contributed by atoms with Crippen LogP contribution in [0.15, 0.2) is 24.4 Å². The van der Waals surface area contributed by atoms with E-state index in [4.69, 9.17) is 0 Å². The van der Waals surface area contributed by atoms with Crippen molar-refractivity contribution in [3.63, 3.8) is 0 Å². The van der Waals surface area contributed by atoms with Crippen molar-refractivity contribution in [2.75, 3.05) is 19.6 Å². The van der Waals surface area contributed by atoms with E-state index >= 15 is 0 Å². The molecule has 1 N–H and O–H groups in total. The lowest BCUT2D eigenvalue weighted by molar-refractivity contribution is 0.215. The van der Waals surface area contributed by atoms with Crippen molar-refractivity contribution in [3.8, 4) is 11.3 Å². The number of nitrogens with zero attached hydrogens (tertiary/aromatic N) is 4. The maximum absolute atomic E-state index is 11.5. The second-order valence-electron chi connectivity index (χ2n) is 5.92. The largest absolute Gasteiger partial charge is 0.336 e. The zero-order valence-electron chi connectivity index (χ0n) is 12.5. The molecule has 0 spiro atoms. The molecule has 0 bridgehead atoms. The van der Waals surface area contributed by atoms with Crippen LogP contribution in [0, 0.1) is 0 Å². The molecule has 6 nitrogen and oxygen atoms in total. The van der Waals surface area contributed by atoms with E-state index in [1.165, 1.54) is 30.4 Å². The Hall–Kier alpha value is -2.37. The number of fused-ring (bicyclic) bond motifs is 1. The van der Waals surface area contributed by atoms with Gasteiger partial charge in [-0.1, -0.05) is 17.3 Å². The van der Waals surface area contributed by atoms with Gasteiger partial charge in [0.25, 0.3) is 0 Å². The van der Waals surface area contributed by atoms with Gasteiger partial charge in [0, 0.05) is 25.2 Å². The van der Waals surface area contributed by atoms with E-state index in [2.05, 4.69) is 33.8 Å². The van der Waals surface area contributed by atoms with E-state index in [0.29, 0.717) is 13.1 Å². The van der Waals surface area contributed by atoms with Crippen molar-refractivity contribution in [2.45, 2.75) is 25.8 Å². The predicted molar refractivity (Wildman–Crippen MR) is 82.5 cm³/mol. The van der Waals surface area contributed by atoms with E-state index < -0.39 is 0 Å². The number of hydrogen-bond acceptors (Lipinski definition) is 3. The maximum atomic E-state index is 11.5. The summed E-state index contributed by atoms with van der Waals surface area (Å²) in [5, 5.41) is 11.3. The highest BCUT2D eigenvalue weighted by molar-refractivity contribution is 5.76. The predicted octanol–water partition coefficient (Wildman–Crippen LogP) is 1.46. The molecule has 22 heavy (non-hydrogen) atoms. The normalized spacial score (nSPS) is 16.9. The molecule has 1 aliphatic carbocycles. The third-order valence-electron chi connectivity index (χ3n) is 4.48. The van der Waals surface area contributed by atoms with E-state index in [1.54, 1.807) is 4.90 Å². The lowest BCUT2D eigenvalue weighted by Gasteiger charge is -2.12. The topological polar surface area (TPSA) is 63.1 Å². The number of rotatable bonds is 4. The highest BCUT2D eigenvalue weighted by Crippen LogP contribution is 2.26. The first-order chi connectivity index (χ1) is 10.8. The molecule has 0 radical (unpaired) electrons. The van der Waals surface area contributed by atoms with Gasteiger partial charge < -0.3 is 10.2 Å². The Kier molecular flexibility index (Phi) is 3.29. The molecule has 2 aliphatic rings. The third-order valence-corrected chi connectivity index (χ3v) is 4.48. The number of carbonyl (C=O) groups excluding carboxylic acids is 1. The van der Waals surface area contributed by atoms with Gasteiger partial charge in [0.2, 0.25) is 0 Å². The summed E-state index contributed by atoms with van der Waals surface area (Å²) in [6, 6.07) is 6.60. The molecule has 0 saturated carbocycles. The minimum Gasteiger partial charge on any atom is -0.336 e. The number of aryl methyl sites for hydroxylation is 2. The number of amides is 2. The molecule has 1 fully saturated rings. The Morgan fingerprint density at radius 1 is 1.18 bits per heavy atom. The second-order valence-corrected chi connectivity index (χ2v) is 5.92. The standard InChI is InChI=1S/C16H19N5O/c22-16-17-6-7-20(16)8-9-21-11-15(18-19-21)14-5-4-12-2-1-3-13(12)10-14/h4-5,10-11H,1-3,6-9H2,(H,17,22). The first-order valence-corrected chi connectivity index (χ1v) is 7.85. The molecule has 2 amide bonds. The SMILES string of the molecule is O=C1NCCN1CCn1cc(-c2ccc3c(c2)CCC3)nn1. The van der Waals surface area contributed by atoms with Gasteiger partial charge in [-0.2, -0.15) is 0 Å². The van der Waals surface area contributed by atoms with Gasteiger partial charge in [0.15, 0.2) is 0 Å². The molecule has 1 aromatic heterocycles. The highest BCUT2D eigenvalue weighted by atomic mass is 16.2. The number of hydrogen-bond donors (Lipinski definition) is 1. The maximum Gasteiger partial charge on any atom is 0.317 e. The van der Waals surface area contributed by atoms with Crippen LogP contribution in [-0.2, 0) is 19.4 Å². The Morgan fingerprint density at radius 2 is 2.09 bits per heavy atom. The highest BCUT2D eigenvalue weighted by Gasteiger charge is 2.19. The summed E-state index contributed by atoms with van der Waals surface area (Å²) in [6.45, 7) is 2.84. The number of benzene rings is 1. The van der Waals surface area contributed by atoms with E-state index in [0.717, 1.165) is 24.3 Å². The molecule has 0 atom stereocenters. The Balaban J connectivity index is 1.46. The van der Waals surface area contributed by atoms with E-state index in [1.807, 2.05) is 10.9 Å². The van der Waals surface area contributed by atoms with Gasteiger partial charge in [-0.3, -0.25) is 4.68 Å². The molecule has 1 saturated heterocycles. The Bertz CT molecular complexity index is 708. The molecular weight excluding hydrogens is 278 g/mol. The van der Waals surface area contributed by atoms with Crippen molar-refractivity contribution in [3.05, 3.63) is 35.5 Å². The van der Waals surface area contributed by atoms with Gasteiger partial charge in [0.1, 0.15) is 5.69 Å².